The van der Waals surface area contributed by atoms with E-state index in [9.17, 15) is 9.59 Å². The smallest absolute Gasteiger partial charge is 0.312 e. The largest absolute Gasteiger partial charge is 0.333 e. The first-order chi connectivity index (χ1) is 10.2. The fourth-order valence-corrected chi connectivity index (χ4v) is 2.29. The molecule has 5 heteroatoms. The van der Waals surface area contributed by atoms with Crippen LogP contribution in [0.5, 0.6) is 0 Å². The molecule has 0 atom stereocenters. The molecule has 0 aliphatic carbocycles. The molecule has 1 fully saturated rings. The van der Waals surface area contributed by atoms with E-state index >= 15 is 0 Å². The molecule has 0 saturated carbocycles. The van der Waals surface area contributed by atoms with Crippen LogP contribution in [0.25, 0.3) is 0 Å². The molecular formula is C16H19N3O2. The summed E-state index contributed by atoms with van der Waals surface area (Å²) in [7, 11) is 0. The van der Waals surface area contributed by atoms with E-state index in [1.807, 2.05) is 31.2 Å². The van der Waals surface area contributed by atoms with Crippen molar-refractivity contribution in [3.8, 4) is 11.8 Å². The van der Waals surface area contributed by atoms with Crippen LogP contribution in [0, 0.1) is 11.8 Å². The quantitative estimate of drug-likeness (QED) is 0.637. The first-order valence-corrected chi connectivity index (χ1v) is 7.01. The molecule has 1 aliphatic heterocycles. The summed E-state index contributed by atoms with van der Waals surface area (Å²) in [6.45, 7) is 4.35. The molecule has 0 radical (unpaired) electrons. The van der Waals surface area contributed by atoms with Gasteiger partial charge in [0.25, 0.3) is 0 Å². The van der Waals surface area contributed by atoms with Gasteiger partial charge in [0.05, 0.1) is 6.54 Å². The number of nitrogens with two attached hydrogens (primary N) is 1. The normalized spacial score (nSPS) is 15.0. The molecular weight excluding hydrogens is 266 g/mol. The highest BCUT2D eigenvalue weighted by atomic mass is 16.2. The fourth-order valence-electron chi connectivity index (χ4n) is 2.29. The molecule has 21 heavy (non-hydrogen) atoms. The van der Waals surface area contributed by atoms with Crippen molar-refractivity contribution in [1.82, 2.24) is 9.80 Å². The Labute approximate surface area is 124 Å². The number of likely N-dealkylation sites (N-methyl/N-ethyl adjacent to an activating group) is 1. The fraction of sp³-hybridized carbons (Fsp3) is 0.375. The zero-order valence-electron chi connectivity index (χ0n) is 12.1. The standard InChI is InChI=1S/C16H19N3O2/c1-2-18-9-10-19(16(21)15(18)20)12-14-6-3-5-13(11-14)7-4-8-17/h3,5-6,11H,2,8-10,12,17H2,1H3. The minimum absolute atomic E-state index is 0.316. The maximum absolute atomic E-state index is 12.0. The van der Waals surface area contributed by atoms with Crippen LogP contribution in [-0.4, -0.2) is 47.8 Å². The third kappa shape index (κ3) is 3.61. The number of nitrogens with zero attached hydrogens (tertiary/aromatic N) is 2. The molecule has 0 unspecified atom stereocenters. The lowest BCUT2D eigenvalue weighted by Gasteiger charge is -2.33. The number of benzene rings is 1. The van der Waals surface area contributed by atoms with Crippen LogP contribution in [0.1, 0.15) is 18.1 Å². The number of hydrogen-bond acceptors (Lipinski definition) is 3. The molecule has 2 N–H and O–H groups in total. The molecule has 1 aliphatic rings. The van der Waals surface area contributed by atoms with Gasteiger partial charge in [-0.2, -0.15) is 0 Å². The molecule has 110 valence electrons. The topological polar surface area (TPSA) is 66.6 Å². The molecule has 2 amide bonds. The Balaban J connectivity index is 2.08. The third-order valence-corrected chi connectivity index (χ3v) is 3.41. The maximum atomic E-state index is 12.0. The number of rotatable bonds is 3. The van der Waals surface area contributed by atoms with Gasteiger partial charge in [0.1, 0.15) is 0 Å². The van der Waals surface area contributed by atoms with Gasteiger partial charge in [-0.05, 0) is 24.6 Å². The zero-order valence-corrected chi connectivity index (χ0v) is 12.1. The molecule has 1 heterocycles. The molecule has 0 bridgehead atoms. The molecule has 1 aromatic carbocycles. The monoisotopic (exact) mass is 285 g/mol. The van der Waals surface area contributed by atoms with Crippen molar-refractivity contribution < 1.29 is 9.59 Å². The van der Waals surface area contributed by atoms with Gasteiger partial charge >= 0.3 is 11.8 Å². The Morgan fingerprint density at radius 2 is 1.90 bits per heavy atom. The van der Waals surface area contributed by atoms with Crippen LogP contribution in [0.3, 0.4) is 0 Å². The van der Waals surface area contributed by atoms with Crippen molar-refractivity contribution in [3.05, 3.63) is 35.4 Å². The predicted molar refractivity (Wildman–Crippen MR) is 80.0 cm³/mol. The van der Waals surface area contributed by atoms with Crippen molar-refractivity contribution in [1.29, 1.82) is 0 Å². The molecule has 0 spiro atoms. The van der Waals surface area contributed by atoms with Crippen LogP contribution in [0.4, 0.5) is 0 Å². The summed E-state index contributed by atoms with van der Waals surface area (Å²) in [6, 6.07) is 7.64. The summed E-state index contributed by atoms with van der Waals surface area (Å²) >= 11 is 0. The van der Waals surface area contributed by atoms with E-state index < -0.39 is 11.8 Å². The maximum Gasteiger partial charge on any atom is 0.312 e. The van der Waals surface area contributed by atoms with E-state index in [1.165, 1.54) is 0 Å². The summed E-state index contributed by atoms with van der Waals surface area (Å²) < 4.78 is 0. The van der Waals surface area contributed by atoms with Crippen molar-refractivity contribution in [3.63, 3.8) is 0 Å². The van der Waals surface area contributed by atoms with Gasteiger partial charge in [0.15, 0.2) is 0 Å². The van der Waals surface area contributed by atoms with Crippen LogP contribution >= 0.6 is 0 Å². The summed E-state index contributed by atoms with van der Waals surface area (Å²) in [4.78, 5) is 27.1. The minimum Gasteiger partial charge on any atom is -0.333 e. The lowest BCUT2D eigenvalue weighted by molar-refractivity contribution is -0.156. The Morgan fingerprint density at radius 3 is 2.62 bits per heavy atom. The van der Waals surface area contributed by atoms with Crippen LogP contribution in [0.15, 0.2) is 24.3 Å². The van der Waals surface area contributed by atoms with Gasteiger partial charge in [-0.25, -0.2) is 0 Å². The van der Waals surface area contributed by atoms with Crippen molar-refractivity contribution in [2.45, 2.75) is 13.5 Å². The number of amides is 2. The van der Waals surface area contributed by atoms with Gasteiger partial charge < -0.3 is 15.5 Å². The zero-order chi connectivity index (χ0) is 15.2. The highest BCUT2D eigenvalue weighted by Gasteiger charge is 2.31. The first kappa shape index (κ1) is 15.1. The van der Waals surface area contributed by atoms with Gasteiger partial charge in [0, 0.05) is 31.7 Å². The van der Waals surface area contributed by atoms with Gasteiger partial charge in [0.2, 0.25) is 0 Å². The second-order valence-corrected chi connectivity index (χ2v) is 4.82. The van der Waals surface area contributed by atoms with Gasteiger partial charge in [-0.15, -0.1) is 0 Å². The molecule has 5 nitrogen and oxygen atoms in total. The van der Waals surface area contributed by atoms with Crippen molar-refractivity contribution >= 4 is 11.8 Å². The van der Waals surface area contributed by atoms with E-state index in [4.69, 9.17) is 5.73 Å². The number of piperazine rings is 1. The highest BCUT2D eigenvalue weighted by molar-refractivity contribution is 6.35. The molecule has 0 aromatic heterocycles. The summed E-state index contributed by atoms with van der Waals surface area (Å²) in [6.07, 6.45) is 0. The van der Waals surface area contributed by atoms with E-state index in [0.717, 1.165) is 11.1 Å². The van der Waals surface area contributed by atoms with E-state index in [-0.39, 0.29) is 0 Å². The Kier molecular flexibility index (Phi) is 4.96. The predicted octanol–water partition coefficient (Wildman–Crippen LogP) is 0.187. The number of hydrogen-bond donors (Lipinski definition) is 1. The first-order valence-electron chi connectivity index (χ1n) is 7.01. The van der Waals surface area contributed by atoms with E-state index in [2.05, 4.69) is 11.8 Å². The SMILES string of the molecule is CCN1CCN(Cc2cccc(C#CCN)c2)C(=O)C1=O. The second kappa shape index (κ2) is 6.91. The average molecular weight is 285 g/mol. The summed E-state index contributed by atoms with van der Waals surface area (Å²) in [5, 5.41) is 0. The molecule has 2 rings (SSSR count). The minimum atomic E-state index is -0.429. The third-order valence-electron chi connectivity index (χ3n) is 3.41. The van der Waals surface area contributed by atoms with Crippen molar-refractivity contribution in [2.75, 3.05) is 26.2 Å². The lowest BCUT2D eigenvalue weighted by Crippen LogP contribution is -2.53. The van der Waals surface area contributed by atoms with E-state index in [0.29, 0.717) is 32.7 Å². The van der Waals surface area contributed by atoms with E-state index in [1.54, 1.807) is 9.80 Å². The van der Waals surface area contributed by atoms with Gasteiger partial charge in [-0.1, -0.05) is 24.0 Å². The highest BCUT2D eigenvalue weighted by Crippen LogP contribution is 2.12. The molecule has 1 aromatic rings. The summed E-state index contributed by atoms with van der Waals surface area (Å²) in [5.74, 6) is 4.92. The number of carbonyl (C=O) groups is 2. The Morgan fingerprint density at radius 1 is 1.19 bits per heavy atom. The summed E-state index contributed by atoms with van der Waals surface area (Å²) in [5.41, 5.74) is 7.18. The molecule has 1 saturated heterocycles. The Hall–Kier alpha value is -2.32. The van der Waals surface area contributed by atoms with Gasteiger partial charge in [-0.3, -0.25) is 9.59 Å². The lowest BCUT2D eigenvalue weighted by atomic mass is 10.1. The van der Waals surface area contributed by atoms with Crippen LogP contribution < -0.4 is 5.73 Å². The Bertz CT molecular complexity index is 601. The second-order valence-electron chi connectivity index (χ2n) is 4.82. The number of carbonyl (C=O) groups excluding carboxylic acids is 2. The average Bonchev–Trinajstić information content (AvgIpc) is 2.50. The van der Waals surface area contributed by atoms with Crippen LogP contribution in [0.2, 0.25) is 0 Å². The van der Waals surface area contributed by atoms with Crippen LogP contribution in [-0.2, 0) is 16.1 Å². The van der Waals surface area contributed by atoms with Crippen molar-refractivity contribution in [2.24, 2.45) is 5.73 Å².